The molecule has 2 aromatic carbocycles. The van der Waals surface area contributed by atoms with Gasteiger partial charge >= 0.3 is 12.3 Å². The van der Waals surface area contributed by atoms with E-state index in [0.717, 1.165) is 30.5 Å². The van der Waals surface area contributed by atoms with E-state index in [1.807, 2.05) is 0 Å². The Balaban J connectivity index is 1.78. The summed E-state index contributed by atoms with van der Waals surface area (Å²) in [5.41, 5.74) is -0.804. The summed E-state index contributed by atoms with van der Waals surface area (Å²) >= 11 is 0. The summed E-state index contributed by atoms with van der Waals surface area (Å²) in [6, 6.07) is 9.09. The maximum Gasteiger partial charge on any atom is 0.437 e. The minimum Gasteiger partial charge on any atom is -0.497 e. The monoisotopic (exact) mass is 439 g/mol. The zero-order chi connectivity index (χ0) is 22.6. The highest BCUT2D eigenvalue weighted by Gasteiger charge is 2.40. The van der Waals surface area contributed by atoms with Crippen molar-refractivity contribution >= 4 is 6.09 Å². The Morgan fingerprint density at radius 3 is 2.39 bits per heavy atom. The number of aromatic nitrogens is 2. The van der Waals surface area contributed by atoms with Crippen molar-refractivity contribution in [1.82, 2.24) is 15.1 Å². The van der Waals surface area contributed by atoms with Crippen molar-refractivity contribution in [1.29, 1.82) is 0 Å². The van der Waals surface area contributed by atoms with Gasteiger partial charge in [0.15, 0.2) is 11.4 Å². The quantitative estimate of drug-likeness (QED) is 0.579. The topological polar surface area (TPSA) is 74.6 Å². The molecule has 0 bridgehead atoms. The average molecular weight is 439 g/mol. The zero-order valence-electron chi connectivity index (χ0n) is 16.4. The molecule has 3 aromatic rings. The van der Waals surface area contributed by atoms with Gasteiger partial charge in [0, 0.05) is 18.2 Å². The van der Waals surface area contributed by atoms with E-state index in [0.29, 0.717) is 21.7 Å². The van der Waals surface area contributed by atoms with Crippen molar-refractivity contribution in [2.24, 2.45) is 0 Å². The first-order valence-corrected chi connectivity index (χ1v) is 8.80. The van der Waals surface area contributed by atoms with Crippen molar-refractivity contribution in [2.75, 3.05) is 14.2 Å². The summed E-state index contributed by atoms with van der Waals surface area (Å²) in [5.74, 6) is -0.462. The molecule has 0 aliphatic rings. The zero-order valence-corrected chi connectivity index (χ0v) is 16.4. The number of alkyl halides is 3. The maximum absolute atomic E-state index is 13.6. The van der Waals surface area contributed by atoms with Crippen LogP contribution >= 0.6 is 0 Å². The molecule has 7 nitrogen and oxygen atoms in total. The summed E-state index contributed by atoms with van der Waals surface area (Å²) in [6.45, 7) is -0.0700. The molecule has 0 atom stereocenters. The largest absolute Gasteiger partial charge is 0.497 e. The average Bonchev–Trinajstić information content (AvgIpc) is 3.16. The lowest BCUT2D eigenvalue weighted by molar-refractivity contribution is -0.143. The predicted molar refractivity (Wildman–Crippen MR) is 101 cm³/mol. The van der Waals surface area contributed by atoms with E-state index in [1.54, 1.807) is 18.2 Å². The van der Waals surface area contributed by atoms with Crippen molar-refractivity contribution < 1.29 is 36.6 Å². The first kappa shape index (κ1) is 21.9. The Morgan fingerprint density at radius 2 is 1.77 bits per heavy atom. The van der Waals surface area contributed by atoms with Crippen molar-refractivity contribution in [2.45, 2.75) is 12.7 Å². The van der Waals surface area contributed by atoms with E-state index in [4.69, 9.17) is 14.2 Å². The van der Waals surface area contributed by atoms with Gasteiger partial charge in [-0.1, -0.05) is 0 Å². The maximum atomic E-state index is 13.6. The van der Waals surface area contributed by atoms with Crippen LogP contribution in [0.5, 0.6) is 17.2 Å². The number of amides is 1. The molecular formula is C20H17F4N3O4. The van der Waals surface area contributed by atoms with Crippen LogP contribution in [0.15, 0.2) is 48.7 Å². The molecule has 164 valence electrons. The number of hydrogen-bond donors (Lipinski definition) is 1. The molecule has 0 spiro atoms. The molecular weight excluding hydrogens is 422 g/mol. The fourth-order valence-electron chi connectivity index (χ4n) is 2.75. The number of nitrogens with one attached hydrogen (secondary N) is 1. The number of benzene rings is 2. The molecule has 0 aliphatic carbocycles. The lowest BCUT2D eigenvalue weighted by Crippen LogP contribution is -2.27. The van der Waals surface area contributed by atoms with Gasteiger partial charge in [0.05, 0.1) is 26.1 Å². The van der Waals surface area contributed by atoms with E-state index >= 15 is 0 Å². The molecule has 1 heterocycles. The Morgan fingerprint density at radius 1 is 1.06 bits per heavy atom. The molecule has 0 unspecified atom stereocenters. The minimum absolute atomic E-state index is 0.0491. The molecule has 0 fully saturated rings. The van der Waals surface area contributed by atoms with Crippen molar-refractivity contribution in [3.8, 4) is 22.9 Å². The molecule has 0 aliphatic heterocycles. The van der Waals surface area contributed by atoms with E-state index in [2.05, 4.69) is 10.4 Å². The van der Waals surface area contributed by atoms with Gasteiger partial charge in [0.25, 0.3) is 0 Å². The number of ether oxygens (including phenoxy) is 3. The van der Waals surface area contributed by atoms with Gasteiger partial charge in [0.1, 0.15) is 17.3 Å². The summed E-state index contributed by atoms with van der Waals surface area (Å²) in [7, 11) is 2.91. The fraction of sp³-hybridized carbons (Fsp3) is 0.200. The third-order valence-corrected chi connectivity index (χ3v) is 4.20. The second kappa shape index (κ2) is 8.94. The van der Waals surface area contributed by atoms with Crippen LogP contribution in [-0.2, 0) is 12.7 Å². The third kappa shape index (κ3) is 5.05. The van der Waals surface area contributed by atoms with Crippen LogP contribution < -0.4 is 19.5 Å². The van der Waals surface area contributed by atoms with Gasteiger partial charge in [-0.05, 0) is 36.4 Å². The van der Waals surface area contributed by atoms with Gasteiger partial charge in [0.2, 0.25) is 0 Å². The number of nitrogens with zero attached hydrogens (tertiary/aromatic N) is 2. The van der Waals surface area contributed by atoms with E-state index in [9.17, 15) is 22.4 Å². The van der Waals surface area contributed by atoms with Gasteiger partial charge in [-0.2, -0.15) is 18.3 Å². The summed E-state index contributed by atoms with van der Waals surface area (Å²) in [4.78, 5) is 12.1. The van der Waals surface area contributed by atoms with Crippen molar-refractivity contribution in [3.63, 3.8) is 0 Å². The van der Waals surface area contributed by atoms with Crippen LogP contribution in [0, 0.1) is 5.82 Å². The molecule has 1 aromatic heterocycles. The lowest BCUT2D eigenvalue weighted by Gasteiger charge is -2.13. The molecule has 0 saturated carbocycles. The number of rotatable bonds is 6. The number of hydrogen-bond acceptors (Lipinski definition) is 5. The second-order valence-corrected chi connectivity index (χ2v) is 6.16. The molecule has 0 saturated heterocycles. The SMILES string of the molecule is COc1ccc(CNC(=O)Oc2cnn(-c3ccc(F)cc3)c2C(F)(F)F)c(OC)c1. The van der Waals surface area contributed by atoms with Crippen LogP contribution in [0.1, 0.15) is 11.3 Å². The number of carbonyl (C=O) groups is 1. The fourth-order valence-corrected chi connectivity index (χ4v) is 2.75. The van der Waals surface area contributed by atoms with Gasteiger partial charge in [-0.3, -0.25) is 0 Å². The van der Waals surface area contributed by atoms with Crippen LogP contribution in [0.3, 0.4) is 0 Å². The number of methoxy groups -OCH3 is 2. The normalized spacial score (nSPS) is 11.2. The molecule has 3 rings (SSSR count). The summed E-state index contributed by atoms with van der Waals surface area (Å²) in [6.07, 6.45) is -5.25. The predicted octanol–water partition coefficient (Wildman–Crippen LogP) is 4.34. The summed E-state index contributed by atoms with van der Waals surface area (Å²) in [5, 5.41) is 5.99. The van der Waals surface area contributed by atoms with Crippen LogP contribution in [0.25, 0.3) is 5.69 Å². The highest BCUT2D eigenvalue weighted by Crippen LogP contribution is 2.37. The van der Waals surface area contributed by atoms with Gasteiger partial charge in [-0.15, -0.1) is 0 Å². The van der Waals surface area contributed by atoms with E-state index in [1.165, 1.54) is 14.2 Å². The molecule has 11 heteroatoms. The molecule has 0 radical (unpaired) electrons. The smallest absolute Gasteiger partial charge is 0.437 e. The first-order valence-electron chi connectivity index (χ1n) is 8.80. The highest BCUT2D eigenvalue weighted by atomic mass is 19.4. The standard InChI is InChI=1S/C20H17F4N3O4/c1-29-15-8-3-12(16(9-15)30-2)10-25-19(28)31-17-11-26-27(18(17)20(22,23)24)14-6-4-13(21)5-7-14/h3-9,11H,10H2,1-2H3,(H,25,28). The number of carbonyl (C=O) groups excluding carboxylic acids is 1. The lowest BCUT2D eigenvalue weighted by atomic mass is 10.2. The molecule has 31 heavy (non-hydrogen) atoms. The molecule has 1 N–H and O–H groups in total. The van der Waals surface area contributed by atoms with E-state index < -0.39 is 29.5 Å². The van der Waals surface area contributed by atoms with Crippen LogP contribution in [0.4, 0.5) is 22.4 Å². The first-order chi connectivity index (χ1) is 14.7. The van der Waals surface area contributed by atoms with Crippen molar-refractivity contribution in [3.05, 3.63) is 65.7 Å². The second-order valence-electron chi connectivity index (χ2n) is 6.16. The van der Waals surface area contributed by atoms with Crippen LogP contribution in [0.2, 0.25) is 0 Å². The van der Waals surface area contributed by atoms with E-state index in [-0.39, 0.29) is 12.2 Å². The minimum atomic E-state index is -4.89. The van der Waals surface area contributed by atoms with Crippen LogP contribution in [-0.4, -0.2) is 30.1 Å². The Bertz CT molecular complexity index is 1070. The highest BCUT2D eigenvalue weighted by molar-refractivity contribution is 5.71. The Kier molecular flexibility index (Phi) is 6.33. The Hall–Kier alpha value is -3.76. The number of halogens is 4. The Labute approximate surface area is 174 Å². The van der Waals surface area contributed by atoms with Gasteiger partial charge < -0.3 is 19.5 Å². The summed E-state index contributed by atoms with van der Waals surface area (Å²) < 4.78 is 69.5. The molecule has 1 amide bonds. The third-order valence-electron chi connectivity index (χ3n) is 4.20. The van der Waals surface area contributed by atoms with Gasteiger partial charge in [-0.25, -0.2) is 13.9 Å².